The average molecular weight is 290 g/mol. The largest absolute Gasteiger partial charge is 0.397 e. The Morgan fingerprint density at radius 2 is 2.25 bits per heavy atom. The van der Waals surface area contributed by atoms with Crippen molar-refractivity contribution < 1.29 is 4.79 Å². The zero-order valence-electron chi connectivity index (χ0n) is 11.5. The van der Waals surface area contributed by atoms with E-state index in [1.165, 1.54) is 11.1 Å². The lowest BCUT2D eigenvalue weighted by Crippen LogP contribution is -2.34. The topological polar surface area (TPSA) is 71.2 Å². The van der Waals surface area contributed by atoms with E-state index in [0.29, 0.717) is 17.9 Å². The molecular formula is C14H18N4OS. The molecule has 2 heterocycles. The molecule has 106 valence electrons. The van der Waals surface area contributed by atoms with Crippen LogP contribution in [-0.4, -0.2) is 36.4 Å². The molecule has 1 unspecified atom stereocenters. The second kappa shape index (κ2) is 6.49. The number of anilines is 1. The van der Waals surface area contributed by atoms with Crippen LogP contribution in [0.25, 0.3) is 0 Å². The van der Waals surface area contributed by atoms with Gasteiger partial charge in [0.25, 0.3) is 5.91 Å². The third-order valence-corrected chi connectivity index (χ3v) is 3.94. The number of thiophene rings is 1. The van der Waals surface area contributed by atoms with Gasteiger partial charge in [0.2, 0.25) is 0 Å². The SMILES string of the molecule is CN(C)C(CNC(=O)c1ccc(N)cn1)c1cccs1. The van der Waals surface area contributed by atoms with Gasteiger partial charge in [-0.05, 0) is 37.7 Å². The van der Waals surface area contributed by atoms with Gasteiger partial charge in [-0.3, -0.25) is 4.79 Å². The van der Waals surface area contributed by atoms with Crippen LogP contribution in [0.2, 0.25) is 0 Å². The fraction of sp³-hybridized carbons (Fsp3) is 0.286. The highest BCUT2D eigenvalue weighted by Crippen LogP contribution is 2.22. The summed E-state index contributed by atoms with van der Waals surface area (Å²) in [7, 11) is 4.00. The Labute approximate surface area is 122 Å². The van der Waals surface area contributed by atoms with E-state index in [9.17, 15) is 4.79 Å². The number of nitrogens with one attached hydrogen (secondary N) is 1. The number of nitrogen functional groups attached to an aromatic ring is 1. The molecule has 0 spiro atoms. The van der Waals surface area contributed by atoms with Crippen LogP contribution in [0, 0.1) is 0 Å². The number of likely N-dealkylation sites (N-methyl/N-ethyl adjacent to an activating group) is 1. The van der Waals surface area contributed by atoms with E-state index in [1.807, 2.05) is 25.5 Å². The molecule has 0 saturated heterocycles. The highest BCUT2D eigenvalue weighted by Gasteiger charge is 2.17. The van der Waals surface area contributed by atoms with E-state index < -0.39 is 0 Å². The summed E-state index contributed by atoms with van der Waals surface area (Å²) in [5, 5.41) is 4.95. The van der Waals surface area contributed by atoms with Crippen LogP contribution in [0.15, 0.2) is 35.8 Å². The van der Waals surface area contributed by atoms with E-state index in [4.69, 9.17) is 5.73 Å². The second-order valence-electron chi connectivity index (χ2n) is 4.68. The zero-order valence-corrected chi connectivity index (χ0v) is 12.4. The van der Waals surface area contributed by atoms with Crippen molar-refractivity contribution in [3.8, 4) is 0 Å². The average Bonchev–Trinajstić information content (AvgIpc) is 2.93. The smallest absolute Gasteiger partial charge is 0.269 e. The lowest BCUT2D eigenvalue weighted by Gasteiger charge is -2.23. The van der Waals surface area contributed by atoms with Gasteiger partial charge >= 0.3 is 0 Å². The molecule has 0 aromatic carbocycles. The maximum atomic E-state index is 12.0. The van der Waals surface area contributed by atoms with E-state index in [1.54, 1.807) is 23.5 Å². The van der Waals surface area contributed by atoms with Crippen LogP contribution in [0.3, 0.4) is 0 Å². The summed E-state index contributed by atoms with van der Waals surface area (Å²) in [6.45, 7) is 0.540. The molecule has 0 fully saturated rings. The third kappa shape index (κ3) is 3.55. The van der Waals surface area contributed by atoms with Crippen molar-refractivity contribution in [2.24, 2.45) is 0 Å². The molecule has 0 saturated carbocycles. The number of nitrogens with two attached hydrogens (primary N) is 1. The molecule has 2 aromatic rings. The fourth-order valence-corrected chi connectivity index (χ4v) is 2.76. The lowest BCUT2D eigenvalue weighted by atomic mass is 10.2. The summed E-state index contributed by atoms with van der Waals surface area (Å²) in [6.07, 6.45) is 1.48. The fourth-order valence-electron chi connectivity index (χ4n) is 1.84. The van der Waals surface area contributed by atoms with E-state index in [-0.39, 0.29) is 11.9 Å². The summed E-state index contributed by atoms with van der Waals surface area (Å²) < 4.78 is 0. The van der Waals surface area contributed by atoms with Gasteiger partial charge < -0.3 is 16.0 Å². The normalized spacial score (nSPS) is 12.3. The predicted octanol–water partition coefficient (Wildman–Crippen LogP) is 1.76. The molecule has 2 aromatic heterocycles. The van der Waals surface area contributed by atoms with Crippen LogP contribution in [-0.2, 0) is 0 Å². The molecule has 6 heteroatoms. The molecule has 0 aliphatic carbocycles. The Morgan fingerprint density at radius 1 is 1.45 bits per heavy atom. The van der Waals surface area contributed by atoms with Crippen molar-refractivity contribution in [1.82, 2.24) is 15.2 Å². The van der Waals surface area contributed by atoms with Crippen molar-refractivity contribution in [2.75, 3.05) is 26.4 Å². The summed E-state index contributed by atoms with van der Waals surface area (Å²) in [6, 6.07) is 7.54. The maximum Gasteiger partial charge on any atom is 0.269 e. The summed E-state index contributed by atoms with van der Waals surface area (Å²) >= 11 is 1.68. The molecule has 2 rings (SSSR count). The Balaban J connectivity index is 1.99. The van der Waals surface area contributed by atoms with Gasteiger partial charge in [0.05, 0.1) is 17.9 Å². The zero-order chi connectivity index (χ0) is 14.5. The number of carbonyl (C=O) groups is 1. The second-order valence-corrected chi connectivity index (χ2v) is 5.66. The van der Waals surface area contributed by atoms with Crippen molar-refractivity contribution in [1.29, 1.82) is 0 Å². The quantitative estimate of drug-likeness (QED) is 0.880. The minimum Gasteiger partial charge on any atom is -0.397 e. The molecule has 0 bridgehead atoms. The predicted molar refractivity (Wildman–Crippen MR) is 81.7 cm³/mol. The minimum atomic E-state index is -0.187. The number of nitrogens with zero attached hydrogens (tertiary/aromatic N) is 2. The number of carbonyl (C=O) groups excluding carboxylic acids is 1. The first-order valence-electron chi connectivity index (χ1n) is 6.27. The summed E-state index contributed by atoms with van der Waals surface area (Å²) in [4.78, 5) is 19.3. The van der Waals surface area contributed by atoms with E-state index in [0.717, 1.165) is 0 Å². The first-order chi connectivity index (χ1) is 9.58. The van der Waals surface area contributed by atoms with Crippen molar-refractivity contribution >= 4 is 22.9 Å². The molecule has 5 nitrogen and oxygen atoms in total. The highest BCUT2D eigenvalue weighted by molar-refractivity contribution is 7.10. The van der Waals surface area contributed by atoms with Crippen LogP contribution < -0.4 is 11.1 Å². The number of pyridine rings is 1. The molecule has 1 atom stereocenters. The van der Waals surface area contributed by atoms with Crippen LogP contribution in [0.4, 0.5) is 5.69 Å². The Hall–Kier alpha value is -1.92. The number of amides is 1. The molecule has 0 aliphatic heterocycles. The molecule has 0 aliphatic rings. The maximum absolute atomic E-state index is 12.0. The van der Waals surface area contributed by atoms with Crippen LogP contribution >= 0.6 is 11.3 Å². The molecule has 3 N–H and O–H groups in total. The summed E-state index contributed by atoms with van der Waals surface area (Å²) in [5.74, 6) is -0.187. The number of aromatic nitrogens is 1. The minimum absolute atomic E-state index is 0.160. The highest BCUT2D eigenvalue weighted by atomic mass is 32.1. The number of hydrogen-bond donors (Lipinski definition) is 2. The van der Waals surface area contributed by atoms with Gasteiger partial charge in [-0.2, -0.15) is 0 Å². The monoisotopic (exact) mass is 290 g/mol. The van der Waals surface area contributed by atoms with Gasteiger partial charge in [0.1, 0.15) is 5.69 Å². The molecule has 20 heavy (non-hydrogen) atoms. The van der Waals surface area contributed by atoms with Gasteiger partial charge in [-0.1, -0.05) is 6.07 Å². The van der Waals surface area contributed by atoms with Gasteiger partial charge in [0, 0.05) is 11.4 Å². The molecular weight excluding hydrogens is 272 g/mol. The number of hydrogen-bond acceptors (Lipinski definition) is 5. The first-order valence-corrected chi connectivity index (χ1v) is 7.15. The molecule has 0 radical (unpaired) electrons. The standard InChI is InChI=1S/C14H18N4OS/c1-18(2)12(13-4-3-7-20-13)9-17-14(19)11-6-5-10(15)8-16-11/h3-8,12H,9,15H2,1-2H3,(H,17,19). The Bertz CT molecular complexity index is 551. The lowest BCUT2D eigenvalue weighted by molar-refractivity contribution is 0.0937. The van der Waals surface area contributed by atoms with Gasteiger partial charge in [-0.15, -0.1) is 11.3 Å². The molecule has 1 amide bonds. The Kier molecular flexibility index (Phi) is 4.70. The first kappa shape index (κ1) is 14.5. The van der Waals surface area contributed by atoms with Crippen molar-refractivity contribution in [3.63, 3.8) is 0 Å². The van der Waals surface area contributed by atoms with Gasteiger partial charge in [-0.25, -0.2) is 4.98 Å². The van der Waals surface area contributed by atoms with Crippen molar-refractivity contribution in [2.45, 2.75) is 6.04 Å². The van der Waals surface area contributed by atoms with Crippen molar-refractivity contribution in [3.05, 3.63) is 46.4 Å². The summed E-state index contributed by atoms with van der Waals surface area (Å²) in [5.41, 5.74) is 6.48. The van der Waals surface area contributed by atoms with Crippen LogP contribution in [0.5, 0.6) is 0 Å². The van der Waals surface area contributed by atoms with Crippen LogP contribution in [0.1, 0.15) is 21.4 Å². The number of rotatable bonds is 5. The van der Waals surface area contributed by atoms with Gasteiger partial charge in [0.15, 0.2) is 0 Å². The van der Waals surface area contributed by atoms with E-state index in [2.05, 4.69) is 21.3 Å². The third-order valence-electron chi connectivity index (χ3n) is 2.97. The Morgan fingerprint density at radius 3 is 2.80 bits per heavy atom. The van der Waals surface area contributed by atoms with E-state index >= 15 is 0 Å².